The number of carbonyl (C=O) groups excluding carboxylic acids is 1. The van der Waals surface area contributed by atoms with E-state index in [9.17, 15) is 9.59 Å². The van der Waals surface area contributed by atoms with Crippen molar-refractivity contribution >= 4 is 23.2 Å². The van der Waals surface area contributed by atoms with Crippen LogP contribution in [0.3, 0.4) is 0 Å². The average molecular weight is 270 g/mol. The van der Waals surface area contributed by atoms with Gasteiger partial charge in [0, 0.05) is 24.0 Å². The molecular formula is C12H18N2O3S. The molecule has 0 radical (unpaired) electrons. The molecule has 0 fully saturated rings. The molecule has 0 aromatic carbocycles. The summed E-state index contributed by atoms with van der Waals surface area (Å²) < 4.78 is 0. The Kier molecular flexibility index (Phi) is 4.84. The molecule has 0 spiro atoms. The zero-order valence-electron chi connectivity index (χ0n) is 11.0. The largest absolute Gasteiger partial charge is 0.481 e. The fourth-order valence-electron chi connectivity index (χ4n) is 1.57. The second-order valence-electron chi connectivity index (χ2n) is 4.46. The van der Waals surface area contributed by atoms with Gasteiger partial charge in [-0.3, -0.25) is 9.59 Å². The number of aliphatic carboxylic acids is 1. The molecule has 0 aliphatic carbocycles. The number of rotatable bonds is 5. The van der Waals surface area contributed by atoms with Gasteiger partial charge < -0.3 is 10.0 Å². The van der Waals surface area contributed by atoms with Crippen molar-refractivity contribution in [3.63, 3.8) is 0 Å². The summed E-state index contributed by atoms with van der Waals surface area (Å²) >= 11 is 1.54. The molecule has 0 saturated carbocycles. The molecule has 0 aliphatic rings. The van der Waals surface area contributed by atoms with Gasteiger partial charge in [-0.2, -0.15) is 0 Å². The number of amides is 1. The van der Waals surface area contributed by atoms with Gasteiger partial charge in [0.2, 0.25) is 5.91 Å². The zero-order valence-corrected chi connectivity index (χ0v) is 11.8. The van der Waals surface area contributed by atoms with Crippen molar-refractivity contribution < 1.29 is 14.7 Å². The molecular weight excluding hydrogens is 252 g/mol. The highest BCUT2D eigenvalue weighted by atomic mass is 32.1. The Bertz CT molecular complexity index is 444. The Hall–Kier alpha value is -1.43. The highest BCUT2D eigenvalue weighted by Crippen LogP contribution is 2.18. The van der Waals surface area contributed by atoms with E-state index >= 15 is 0 Å². The van der Waals surface area contributed by atoms with Crippen molar-refractivity contribution in [3.8, 4) is 0 Å². The number of nitrogens with zero attached hydrogens (tertiary/aromatic N) is 2. The van der Waals surface area contributed by atoms with E-state index in [4.69, 9.17) is 5.11 Å². The summed E-state index contributed by atoms with van der Waals surface area (Å²) in [5, 5.41) is 9.85. The molecule has 100 valence electrons. The fraction of sp³-hybridized carbons (Fsp3) is 0.583. The van der Waals surface area contributed by atoms with Crippen LogP contribution >= 0.6 is 11.3 Å². The lowest BCUT2D eigenvalue weighted by molar-refractivity contribution is -0.148. The summed E-state index contributed by atoms with van der Waals surface area (Å²) in [6.45, 7) is 5.58. The molecule has 1 aromatic rings. The van der Waals surface area contributed by atoms with Crippen LogP contribution in [0.25, 0.3) is 0 Å². The predicted molar refractivity (Wildman–Crippen MR) is 69.3 cm³/mol. The third-order valence-electron chi connectivity index (χ3n) is 2.97. The zero-order chi connectivity index (χ0) is 13.9. The summed E-state index contributed by atoms with van der Waals surface area (Å²) in [5.41, 5.74) is 0. The molecule has 1 heterocycles. The van der Waals surface area contributed by atoms with Crippen molar-refractivity contribution in [1.29, 1.82) is 0 Å². The topological polar surface area (TPSA) is 70.5 Å². The summed E-state index contributed by atoms with van der Waals surface area (Å²) in [6, 6.07) is 0. The van der Waals surface area contributed by atoms with Crippen molar-refractivity contribution in [2.24, 2.45) is 11.8 Å². The Morgan fingerprint density at radius 2 is 2.06 bits per heavy atom. The number of hydrogen-bond acceptors (Lipinski definition) is 4. The van der Waals surface area contributed by atoms with E-state index in [0.29, 0.717) is 6.54 Å². The van der Waals surface area contributed by atoms with Crippen LogP contribution in [0.15, 0.2) is 6.20 Å². The number of aromatic nitrogens is 1. The highest BCUT2D eigenvalue weighted by Gasteiger charge is 2.28. The maximum absolute atomic E-state index is 12.0. The number of thiazole rings is 1. The molecule has 18 heavy (non-hydrogen) atoms. The highest BCUT2D eigenvalue weighted by molar-refractivity contribution is 7.11. The Balaban J connectivity index is 2.63. The number of aryl methyl sites for hydroxylation is 1. The molecule has 5 nitrogen and oxygen atoms in total. The summed E-state index contributed by atoms with van der Waals surface area (Å²) in [4.78, 5) is 29.6. The van der Waals surface area contributed by atoms with E-state index in [1.165, 1.54) is 11.3 Å². The van der Waals surface area contributed by atoms with Gasteiger partial charge in [0.05, 0.1) is 17.5 Å². The predicted octanol–water partition coefficient (Wildman–Crippen LogP) is 1.77. The van der Waals surface area contributed by atoms with Crippen LogP contribution in [0, 0.1) is 18.8 Å². The third-order valence-corrected chi connectivity index (χ3v) is 3.86. The van der Waals surface area contributed by atoms with Crippen LogP contribution in [0.2, 0.25) is 0 Å². The summed E-state index contributed by atoms with van der Waals surface area (Å²) in [6.07, 6.45) is 1.75. The smallest absolute Gasteiger partial charge is 0.307 e. The Morgan fingerprint density at radius 1 is 1.44 bits per heavy atom. The minimum absolute atomic E-state index is 0.157. The molecule has 0 aliphatic heterocycles. The molecule has 2 atom stereocenters. The number of hydrogen-bond donors (Lipinski definition) is 1. The average Bonchev–Trinajstić information content (AvgIpc) is 2.71. The third kappa shape index (κ3) is 3.53. The van der Waals surface area contributed by atoms with Crippen LogP contribution in [-0.2, 0) is 16.1 Å². The first-order chi connectivity index (χ1) is 8.32. The van der Waals surface area contributed by atoms with Gasteiger partial charge in [-0.05, 0) is 6.92 Å². The monoisotopic (exact) mass is 270 g/mol. The first-order valence-corrected chi connectivity index (χ1v) is 6.53. The minimum atomic E-state index is -0.946. The van der Waals surface area contributed by atoms with E-state index in [1.54, 1.807) is 32.0 Å². The van der Waals surface area contributed by atoms with Crippen molar-refractivity contribution in [2.45, 2.75) is 27.3 Å². The second-order valence-corrected chi connectivity index (χ2v) is 5.77. The normalized spacial score (nSPS) is 14.0. The van der Waals surface area contributed by atoms with E-state index in [-0.39, 0.29) is 5.91 Å². The van der Waals surface area contributed by atoms with Crippen LogP contribution < -0.4 is 0 Å². The fourth-order valence-corrected chi connectivity index (χ4v) is 2.41. The van der Waals surface area contributed by atoms with Crippen molar-refractivity contribution in [2.75, 3.05) is 7.05 Å². The van der Waals surface area contributed by atoms with Crippen LogP contribution in [0.5, 0.6) is 0 Å². The Labute approximate surface area is 110 Å². The quantitative estimate of drug-likeness (QED) is 0.885. The van der Waals surface area contributed by atoms with Gasteiger partial charge in [-0.25, -0.2) is 4.98 Å². The van der Waals surface area contributed by atoms with Gasteiger partial charge in [0.15, 0.2) is 0 Å². The lowest BCUT2D eigenvalue weighted by Gasteiger charge is -2.22. The molecule has 0 saturated heterocycles. The molecule has 6 heteroatoms. The van der Waals surface area contributed by atoms with Gasteiger partial charge in [-0.1, -0.05) is 13.8 Å². The molecule has 0 bridgehead atoms. The number of carboxylic acids is 1. The van der Waals surface area contributed by atoms with Gasteiger partial charge in [-0.15, -0.1) is 11.3 Å². The SMILES string of the molecule is Cc1ncc(CN(C)C(=O)C(C)C(C)C(=O)O)s1. The molecule has 1 aromatic heterocycles. The van der Waals surface area contributed by atoms with Gasteiger partial charge in [0.25, 0.3) is 0 Å². The maximum atomic E-state index is 12.0. The maximum Gasteiger partial charge on any atom is 0.307 e. The van der Waals surface area contributed by atoms with E-state index < -0.39 is 17.8 Å². The molecule has 1 amide bonds. The Morgan fingerprint density at radius 3 is 2.50 bits per heavy atom. The molecule has 1 rings (SSSR count). The van der Waals surface area contributed by atoms with E-state index in [0.717, 1.165) is 9.88 Å². The van der Waals surface area contributed by atoms with Crippen LogP contribution in [-0.4, -0.2) is 33.9 Å². The molecule has 1 N–H and O–H groups in total. The standard InChI is InChI=1S/C12H18N2O3S/c1-7(8(2)12(16)17)11(15)14(4)6-10-5-13-9(3)18-10/h5,7-8H,6H2,1-4H3,(H,16,17). The van der Waals surface area contributed by atoms with Gasteiger partial charge in [0.1, 0.15) is 0 Å². The lowest BCUT2D eigenvalue weighted by Crippen LogP contribution is -2.36. The van der Waals surface area contributed by atoms with Crippen molar-refractivity contribution in [1.82, 2.24) is 9.88 Å². The first kappa shape index (κ1) is 14.6. The van der Waals surface area contributed by atoms with Crippen LogP contribution in [0.4, 0.5) is 0 Å². The van der Waals surface area contributed by atoms with Crippen molar-refractivity contribution in [3.05, 3.63) is 16.1 Å². The summed E-state index contributed by atoms with van der Waals surface area (Å²) in [7, 11) is 1.68. The lowest BCUT2D eigenvalue weighted by atomic mass is 9.95. The molecule has 2 unspecified atom stereocenters. The van der Waals surface area contributed by atoms with Crippen LogP contribution in [0.1, 0.15) is 23.7 Å². The number of carboxylic acid groups (broad SMARTS) is 1. The second kappa shape index (κ2) is 5.95. The number of carbonyl (C=O) groups is 2. The summed E-state index contributed by atoms with van der Waals surface area (Å²) in [5.74, 6) is -2.31. The first-order valence-electron chi connectivity index (χ1n) is 5.72. The van der Waals surface area contributed by atoms with Gasteiger partial charge >= 0.3 is 5.97 Å². The van der Waals surface area contributed by atoms with E-state index in [2.05, 4.69) is 4.98 Å². The minimum Gasteiger partial charge on any atom is -0.481 e. The van der Waals surface area contributed by atoms with E-state index in [1.807, 2.05) is 6.92 Å².